The third-order valence-electron chi connectivity index (χ3n) is 2.90. The van der Waals surface area contributed by atoms with Crippen molar-refractivity contribution in [3.05, 3.63) is 70.3 Å². The normalized spacial score (nSPS) is 10.5. The van der Waals surface area contributed by atoms with E-state index >= 15 is 0 Å². The Morgan fingerprint density at radius 3 is 2.32 bits per heavy atom. The van der Waals surface area contributed by atoms with Gasteiger partial charge in [-0.1, -0.05) is 35.4 Å². The summed E-state index contributed by atoms with van der Waals surface area (Å²) in [5.74, 6) is -2.48. The van der Waals surface area contributed by atoms with Gasteiger partial charge < -0.3 is 0 Å². The first-order valence-corrected chi connectivity index (χ1v) is 6.02. The van der Waals surface area contributed by atoms with Crippen LogP contribution >= 0.6 is 0 Å². The number of halogens is 2. The molecule has 0 aromatic heterocycles. The van der Waals surface area contributed by atoms with Crippen LogP contribution in [-0.2, 0) is 6.42 Å². The first-order valence-electron chi connectivity index (χ1n) is 6.02. The first kappa shape index (κ1) is 13.4. The van der Waals surface area contributed by atoms with Crippen LogP contribution in [0.4, 0.5) is 8.78 Å². The number of Topliss-reactive ketones (excluding diaryl/α,β-unsaturated/α-hetero) is 1. The molecule has 2 aromatic carbocycles. The molecule has 3 heteroatoms. The van der Waals surface area contributed by atoms with Crippen LogP contribution in [0.25, 0.3) is 0 Å². The zero-order chi connectivity index (χ0) is 14.0. The summed E-state index contributed by atoms with van der Waals surface area (Å²) in [4.78, 5) is 12.0. The minimum Gasteiger partial charge on any atom is -0.294 e. The Kier molecular flexibility index (Phi) is 3.74. The lowest BCUT2D eigenvalue weighted by molar-refractivity contribution is 0.0988. The molecule has 2 rings (SSSR count). The Morgan fingerprint density at radius 2 is 1.68 bits per heavy atom. The third kappa shape index (κ3) is 3.05. The lowest BCUT2D eigenvalue weighted by atomic mass is 9.99. The summed E-state index contributed by atoms with van der Waals surface area (Å²) in [6.07, 6.45) is 0.0723. The molecule has 0 bridgehead atoms. The maximum atomic E-state index is 13.5. The van der Waals surface area contributed by atoms with Crippen molar-refractivity contribution in [1.82, 2.24) is 0 Å². The van der Waals surface area contributed by atoms with Crippen LogP contribution in [0.5, 0.6) is 0 Å². The van der Waals surface area contributed by atoms with E-state index < -0.39 is 17.4 Å². The number of carbonyl (C=O) groups excluding carboxylic acids is 1. The second kappa shape index (κ2) is 5.31. The summed E-state index contributed by atoms with van der Waals surface area (Å²) in [6.45, 7) is 3.87. The summed E-state index contributed by atoms with van der Waals surface area (Å²) in [5, 5.41) is 0. The molecule has 0 aliphatic rings. The van der Waals surface area contributed by atoms with Crippen molar-refractivity contribution in [2.45, 2.75) is 20.3 Å². The van der Waals surface area contributed by atoms with E-state index in [2.05, 4.69) is 0 Å². The van der Waals surface area contributed by atoms with Crippen molar-refractivity contribution in [3.8, 4) is 0 Å². The van der Waals surface area contributed by atoms with E-state index in [1.165, 1.54) is 12.1 Å². The van der Waals surface area contributed by atoms with Crippen molar-refractivity contribution in [3.63, 3.8) is 0 Å². The Hall–Kier alpha value is -2.03. The number of hydrogen-bond acceptors (Lipinski definition) is 1. The topological polar surface area (TPSA) is 17.1 Å². The highest BCUT2D eigenvalue weighted by molar-refractivity contribution is 5.97. The molecule has 0 spiro atoms. The van der Waals surface area contributed by atoms with Gasteiger partial charge in [0, 0.05) is 6.42 Å². The van der Waals surface area contributed by atoms with Crippen LogP contribution in [0, 0.1) is 25.5 Å². The minimum absolute atomic E-state index is 0.0723. The summed E-state index contributed by atoms with van der Waals surface area (Å²) in [5.41, 5.74) is 2.70. The average molecular weight is 260 g/mol. The van der Waals surface area contributed by atoms with Gasteiger partial charge in [-0.3, -0.25) is 4.79 Å². The van der Waals surface area contributed by atoms with Gasteiger partial charge in [0.1, 0.15) is 0 Å². The molecule has 0 saturated heterocycles. The fourth-order valence-electron chi connectivity index (χ4n) is 2.17. The Balaban J connectivity index is 2.28. The second-order valence-electron chi connectivity index (χ2n) is 4.70. The highest BCUT2D eigenvalue weighted by atomic mass is 19.2. The average Bonchev–Trinajstić information content (AvgIpc) is 2.31. The molecule has 0 saturated carbocycles. The van der Waals surface area contributed by atoms with Crippen molar-refractivity contribution >= 4 is 5.78 Å². The highest BCUT2D eigenvalue weighted by Crippen LogP contribution is 2.16. The summed E-state index contributed by atoms with van der Waals surface area (Å²) in [6, 6.07) is 9.40. The van der Waals surface area contributed by atoms with Gasteiger partial charge in [-0.25, -0.2) is 8.78 Å². The maximum Gasteiger partial charge on any atom is 0.170 e. The monoisotopic (exact) mass is 260 g/mol. The summed E-state index contributed by atoms with van der Waals surface area (Å²) < 4.78 is 26.6. The quantitative estimate of drug-likeness (QED) is 0.762. The van der Waals surface area contributed by atoms with Gasteiger partial charge in [0.15, 0.2) is 17.4 Å². The molecule has 0 aliphatic carbocycles. The van der Waals surface area contributed by atoms with Gasteiger partial charge in [-0.15, -0.1) is 0 Å². The smallest absolute Gasteiger partial charge is 0.170 e. The van der Waals surface area contributed by atoms with E-state index in [0.717, 1.165) is 22.8 Å². The molecule has 1 nitrogen and oxygen atoms in total. The lowest BCUT2D eigenvalue weighted by Gasteiger charge is -2.06. The van der Waals surface area contributed by atoms with Gasteiger partial charge in [0.2, 0.25) is 0 Å². The Labute approximate surface area is 110 Å². The standard InChI is InChI=1S/C16H14F2O/c1-10-6-11(2)8-12(7-10)9-15(19)13-4-3-5-14(17)16(13)18/h3-8H,9H2,1-2H3. The molecule has 0 radical (unpaired) electrons. The summed E-state index contributed by atoms with van der Waals surface area (Å²) >= 11 is 0. The largest absolute Gasteiger partial charge is 0.294 e. The number of carbonyl (C=O) groups is 1. The molecule has 0 heterocycles. The van der Waals surface area contributed by atoms with E-state index in [1.54, 1.807) is 0 Å². The fourth-order valence-corrected chi connectivity index (χ4v) is 2.17. The van der Waals surface area contributed by atoms with Crippen LogP contribution < -0.4 is 0 Å². The molecule has 0 unspecified atom stereocenters. The second-order valence-corrected chi connectivity index (χ2v) is 4.70. The van der Waals surface area contributed by atoms with E-state index in [4.69, 9.17) is 0 Å². The van der Waals surface area contributed by atoms with E-state index in [0.29, 0.717) is 0 Å². The number of hydrogen-bond donors (Lipinski definition) is 0. The Morgan fingerprint density at radius 1 is 1.05 bits per heavy atom. The molecule has 0 fully saturated rings. The molecule has 98 valence electrons. The third-order valence-corrected chi connectivity index (χ3v) is 2.90. The van der Waals surface area contributed by atoms with Gasteiger partial charge >= 0.3 is 0 Å². The molecule has 19 heavy (non-hydrogen) atoms. The SMILES string of the molecule is Cc1cc(C)cc(CC(=O)c2cccc(F)c2F)c1. The van der Waals surface area contributed by atoms with Gasteiger partial charge in [0.25, 0.3) is 0 Å². The van der Waals surface area contributed by atoms with E-state index in [-0.39, 0.29) is 12.0 Å². The van der Waals surface area contributed by atoms with Crippen LogP contribution in [0.2, 0.25) is 0 Å². The minimum atomic E-state index is -1.07. The molecular weight excluding hydrogens is 246 g/mol. The highest BCUT2D eigenvalue weighted by Gasteiger charge is 2.15. The van der Waals surface area contributed by atoms with Crippen molar-refractivity contribution in [2.24, 2.45) is 0 Å². The molecule has 2 aromatic rings. The van der Waals surface area contributed by atoms with Crippen LogP contribution in [0.1, 0.15) is 27.0 Å². The molecule has 0 aliphatic heterocycles. The van der Waals surface area contributed by atoms with E-state index in [9.17, 15) is 13.6 Å². The van der Waals surface area contributed by atoms with Gasteiger partial charge in [-0.2, -0.15) is 0 Å². The number of rotatable bonds is 3. The number of aryl methyl sites for hydroxylation is 2. The maximum absolute atomic E-state index is 13.5. The first-order chi connectivity index (χ1) is 8.97. The van der Waals surface area contributed by atoms with Crippen LogP contribution in [-0.4, -0.2) is 5.78 Å². The van der Waals surface area contributed by atoms with Gasteiger partial charge in [-0.05, 0) is 31.5 Å². The zero-order valence-corrected chi connectivity index (χ0v) is 10.8. The molecule has 0 N–H and O–H groups in total. The Bertz CT molecular complexity index is 612. The fraction of sp³-hybridized carbons (Fsp3) is 0.188. The summed E-state index contributed by atoms with van der Waals surface area (Å²) in [7, 11) is 0. The van der Waals surface area contributed by atoms with Crippen LogP contribution in [0.15, 0.2) is 36.4 Å². The zero-order valence-electron chi connectivity index (χ0n) is 10.8. The lowest BCUT2D eigenvalue weighted by Crippen LogP contribution is -2.07. The van der Waals surface area contributed by atoms with Crippen molar-refractivity contribution in [2.75, 3.05) is 0 Å². The van der Waals surface area contributed by atoms with Crippen molar-refractivity contribution in [1.29, 1.82) is 0 Å². The predicted molar refractivity (Wildman–Crippen MR) is 70.3 cm³/mol. The van der Waals surface area contributed by atoms with Gasteiger partial charge in [0.05, 0.1) is 5.56 Å². The number of benzene rings is 2. The van der Waals surface area contributed by atoms with Crippen LogP contribution in [0.3, 0.4) is 0 Å². The molecular formula is C16H14F2O. The predicted octanol–water partition coefficient (Wildman–Crippen LogP) is 4.01. The van der Waals surface area contributed by atoms with E-state index in [1.807, 2.05) is 32.0 Å². The number of ketones is 1. The molecule has 0 atom stereocenters. The molecule has 0 amide bonds. The van der Waals surface area contributed by atoms with Crippen molar-refractivity contribution < 1.29 is 13.6 Å².